The van der Waals surface area contributed by atoms with E-state index in [-0.39, 0.29) is 12.4 Å². The fraction of sp³-hybridized carbons (Fsp3) is 0.357. The number of fused-ring (bicyclic) bond motifs is 1. The number of aliphatic carboxylic acids is 1. The van der Waals surface area contributed by atoms with Crippen LogP contribution in [0, 0.1) is 0 Å². The first-order chi connectivity index (χ1) is 11.0. The minimum atomic E-state index is -1.50. The van der Waals surface area contributed by atoms with Gasteiger partial charge in [0.05, 0.1) is 0 Å². The van der Waals surface area contributed by atoms with Gasteiger partial charge in [-0.1, -0.05) is 18.2 Å². The molecule has 8 nitrogen and oxygen atoms in total. The number of hydrogen-bond acceptors (Lipinski definition) is 5. The third-order valence-electron chi connectivity index (χ3n) is 3.72. The highest BCUT2D eigenvalue weighted by atomic mass is 32.2. The Hall–Kier alpha value is -2.26. The number of nitrogens with zero attached hydrogens (tertiary/aromatic N) is 1. The number of hydrogen-bond donors (Lipinski definition) is 2. The lowest BCUT2D eigenvalue weighted by atomic mass is 10.0. The zero-order valence-electron chi connectivity index (χ0n) is 11.9. The maximum atomic E-state index is 12.0. The lowest BCUT2D eigenvalue weighted by molar-refractivity contribution is -0.159. The molecule has 0 spiro atoms. The molecule has 1 aromatic carbocycles. The molecule has 0 bridgehead atoms. The minimum Gasteiger partial charge on any atom is -0.615 e. The van der Waals surface area contributed by atoms with E-state index in [4.69, 9.17) is 9.84 Å². The molecule has 0 aliphatic carbocycles. The summed E-state index contributed by atoms with van der Waals surface area (Å²) in [6, 6.07) is 6.67. The van der Waals surface area contributed by atoms with Crippen molar-refractivity contribution in [3.05, 3.63) is 30.3 Å². The number of ether oxygens (including phenoxy) is 1. The Labute approximate surface area is 134 Å². The molecule has 3 rings (SSSR count). The van der Waals surface area contributed by atoms with Gasteiger partial charge < -0.3 is 19.7 Å². The second kappa shape index (κ2) is 6.09. The van der Waals surface area contributed by atoms with Gasteiger partial charge in [-0.3, -0.25) is 14.5 Å². The number of carboxylic acids is 1. The summed E-state index contributed by atoms with van der Waals surface area (Å²) in [4.78, 5) is 35.9. The summed E-state index contributed by atoms with van der Waals surface area (Å²) in [6.45, 7) is -0.282. The van der Waals surface area contributed by atoms with Crippen molar-refractivity contribution in [3.63, 3.8) is 0 Å². The molecule has 2 aliphatic rings. The number of rotatable bonds is 5. The van der Waals surface area contributed by atoms with Crippen molar-refractivity contribution >= 4 is 29.0 Å². The van der Waals surface area contributed by atoms with E-state index in [0.29, 0.717) is 5.75 Å². The average Bonchev–Trinajstić information content (AvgIpc) is 2.85. The highest BCUT2D eigenvalue weighted by Gasteiger charge is 2.65. The van der Waals surface area contributed by atoms with Crippen LogP contribution in [0.15, 0.2) is 30.3 Å². The molecule has 3 unspecified atom stereocenters. The van der Waals surface area contributed by atoms with Crippen LogP contribution in [-0.4, -0.2) is 62.2 Å². The van der Waals surface area contributed by atoms with Crippen LogP contribution in [0.3, 0.4) is 0 Å². The third-order valence-corrected chi connectivity index (χ3v) is 5.40. The molecule has 4 atom stereocenters. The Bertz CT molecular complexity index is 639. The normalized spacial score (nSPS) is 28.7. The molecule has 23 heavy (non-hydrogen) atoms. The molecule has 9 heteroatoms. The number of carboxylic acid groups (broad SMARTS) is 1. The summed E-state index contributed by atoms with van der Waals surface area (Å²) in [5.74, 6) is -1.84. The van der Waals surface area contributed by atoms with Crippen molar-refractivity contribution in [2.45, 2.75) is 17.5 Å². The van der Waals surface area contributed by atoms with Gasteiger partial charge in [0.1, 0.15) is 11.5 Å². The third kappa shape index (κ3) is 2.84. The van der Waals surface area contributed by atoms with E-state index in [1.807, 2.05) is 6.07 Å². The topological polar surface area (TPSA) is 119 Å². The number of nitrogens with one attached hydrogen (secondary N) is 1. The van der Waals surface area contributed by atoms with Gasteiger partial charge in [0.25, 0.3) is 11.8 Å². The van der Waals surface area contributed by atoms with Crippen LogP contribution in [0.1, 0.15) is 0 Å². The van der Waals surface area contributed by atoms with Crippen LogP contribution in [0.4, 0.5) is 0 Å². The van der Waals surface area contributed by atoms with Crippen LogP contribution >= 0.6 is 0 Å². The van der Waals surface area contributed by atoms with Crippen molar-refractivity contribution in [3.8, 4) is 5.75 Å². The average molecular weight is 338 g/mol. The molecule has 2 aliphatic heterocycles. The molecule has 1 aromatic rings. The van der Waals surface area contributed by atoms with E-state index in [1.165, 1.54) is 0 Å². The molecule has 2 saturated heterocycles. The van der Waals surface area contributed by atoms with Gasteiger partial charge in [-0.05, 0) is 23.3 Å². The lowest BCUT2D eigenvalue weighted by Crippen LogP contribution is -2.72. The van der Waals surface area contributed by atoms with Crippen molar-refractivity contribution in [2.24, 2.45) is 0 Å². The van der Waals surface area contributed by atoms with Gasteiger partial charge in [0, 0.05) is 0 Å². The highest BCUT2D eigenvalue weighted by molar-refractivity contribution is 7.92. The number of carbonyl (C=O) groups is 3. The summed E-state index contributed by atoms with van der Waals surface area (Å²) in [5.41, 5.74) is 0. The first kappa shape index (κ1) is 15.6. The van der Waals surface area contributed by atoms with E-state index in [0.717, 1.165) is 4.90 Å². The summed E-state index contributed by atoms with van der Waals surface area (Å²) >= 11 is -1.50. The van der Waals surface area contributed by atoms with Gasteiger partial charge in [0.2, 0.25) is 5.37 Å². The fourth-order valence-corrected chi connectivity index (χ4v) is 4.44. The Morgan fingerprint density at radius 2 is 2.09 bits per heavy atom. The highest BCUT2D eigenvalue weighted by Crippen LogP contribution is 2.35. The Morgan fingerprint density at radius 3 is 2.74 bits per heavy atom. The zero-order chi connectivity index (χ0) is 16.6. The number of β-lactam (4-membered cyclic amide) rings is 1. The molecule has 122 valence electrons. The van der Waals surface area contributed by atoms with Crippen LogP contribution in [0.2, 0.25) is 0 Å². The molecule has 0 radical (unpaired) electrons. The first-order valence-corrected chi connectivity index (χ1v) is 8.26. The van der Waals surface area contributed by atoms with Gasteiger partial charge >= 0.3 is 5.97 Å². The number of para-hydroxylation sites is 1. The molecular formula is C14H14N2O6S. The maximum Gasteiger partial charge on any atom is 0.331 e. The van der Waals surface area contributed by atoms with Crippen LogP contribution < -0.4 is 10.1 Å². The van der Waals surface area contributed by atoms with Crippen molar-refractivity contribution in [2.75, 3.05) is 12.4 Å². The fourth-order valence-electron chi connectivity index (χ4n) is 2.63. The molecule has 0 saturated carbocycles. The largest absolute Gasteiger partial charge is 0.615 e. The molecule has 2 fully saturated rings. The van der Waals surface area contributed by atoms with Crippen molar-refractivity contribution in [1.29, 1.82) is 0 Å². The Kier molecular flexibility index (Phi) is 4.14. The second-order valence-electron chi connectivity index (χ2n) is 5.18. The molecule has 2 heterocycles. The van der Waals surface area contributed by atoms with Gasteiger partial charge in [0.15, 0.2) is 18.7 Å². The molecular weight excluding hydrogens is 324 g/mol. The quantitative estimate of drug-likeness (QED) is 0.521. The van der Waals surface area contributed by atoms with Crippen molar-refractivity contribution < 1.29 is 28.8 Å². The number of benzene rings is 1. The van der Waals surface area contributed by atoms with E-state index in [2.05, 4.69) is 5.32 Å². The van der Waals surface area contributed by atoms with Crippen LogP contribution in [0.5, 0.6) is 5.75 Å². The SMILES string of the molecule is O=C(COc1ccccc1)NC1C(=O)N2C(C(=O)O)C[S+]([O-])[C@@H]12. The summed E-state index contributed by atoms with van der Waals surface area (Å²) in [6.07, 6.45) is 0. The molecule has 2 N–H and O–H groups in total. The van der Waals surface area contributed by atoms with Crippen molar-refractivity contribution in [1.82, 2.24) is 10.2 Å². The molecule has 0 aromatic heterocycles. The van der Waals surface area contributed by atoms with Gasteiger partial charge in [-0.15, -0.1) is 0 Å². The van der Waals surface area contributed by atoms with Gasteiger partial charge in [-0.2, -0.15) is 0 Å². The van der Waals surface area contributed by atoms with Gasteiger partial charge in [-0.25, -0.2) is 4.79 Å². The Balaban J connectivity index is 1.56. The van der Waals surface area contributed by atoms with E-state index in [1.54, 1.807) is 24.3 Å². The second-order valence-corrected chi connectivity index (χ2v) is 6.76. The summed E-state index contributed by atoms with van der Waals surface area (Å²) in [7, 11) is 0. The smallest absolute Gasteiger partial charge is 0.331 e. The molecule has 2 amide bonds. The predicted octanol–water partition coefficient (Wildman–Crippen LogP) is -1.07. The summed E-state index contributed by atoms with van der Waals surface area (Å²) in [5, 5.41) is 10.7. The number of amides is 2. The van der Waals surface area contributed by atoms with E-state index < -0.39 is 46.4 Å². The lowest BCUT2D eigenvalue weighted by Gasteiger charge is -2.41. The first-order valence-electron chi connectivity index (χ1n) is 6.88. The monoisotopic (exact) mass is 338 g/mol. The number of carbonyl (C=O) groups excluding carboxylic acids is 2. The maximum absolute atomic E-state index is 12.0. The van der Waals surface area contributed by atoms with E-state index in [9.17, 15) is 18.9 Å². The van der Waals surface area contributed by atoms with Crippen LogP contribution in [0.25, 0.3) is 0 Å². The predicted molar refractivity (Wildman–Crippen MR) is 78.9 cm³/mol. The van der Waals surface area contributed by atoms with E-state index >= 15 is 0 Å². The summed E-state index contributed by atoms with van der Waals surface area (Å²) < 4.78 is 17.2. The van der Waals surface area contributed by atoms with Crippen LogP contribution in [-0.2, 0) is 25.6 Å². The Morgan fingerprint density at radius 1 is 1.39 bits per heavy atom. The minimum absolute atomic E-state index is 0.112. The standard InChI is InChI=1S/C14H14N2O6S/c17-10(6-22-8-4-2-1-3-5-8)15-11-12(18)16-9(14(19)20)7-23(21)13(11)16/h1-5,9,11,13H,6-7H2,(H,15,17)(H,19,20)/t9?,11?,13-,23?/m0/s1. The zero-order valence-corrected chi connectivity index (χ0v) is 12.7.